The van der Waals surface area contributed by atoms with Gasteiger partial charge < -0.3 is 9.84 Å². The van der Waals surface area contributed by atoms with Crippen LogP contribution in [0.5, 0.6) is 0 Å². The fourth-order valence-electron chi connectivity index (χ4n) is 12.8. The fraction of sp³-hybridized carbons (Fsp3) is 0.829. The Morgan fingerprint density at radius 2 is 1.69 bits per heavy atom. The average molecular weight is 580 g/mol. The lowest BCUT2D eigenvalue weighted by molar-refractivity contribution is -0.249. The lowest BCUT2D eigenvalue weighted by Crippen LogP contribution is -2.66. The zero-order valence-electron chi connectivity index (χ0n) is 27.0. The molecule has 1 heterocycles. The van der Waals surface area contributed by atoms with E-state index in [0.717, 1.165) is 42.5 Å². The van der Waals surface area contributed by atoms with Gasteiger partial charge in [0.25, 0.3) is 0 Å². The van der Waals surface area contributed by atoms with Gasteiger partial charge in [0.05, 0.1) is 11.9 Å². The van der Waals surface area contributed by atoms with Crippen molar-refractivity contribution in [2.45, 2.75) is 125 Å². The average Bonchev–Trinajstić information content (AvgIpc) is 3.52. The van der Waals surface area contributed by atoms with Crippen LogP contribution in [0.25, 0.3) is 0 Å². The topological polar surface area (TPSA) is 94.3 Å². The Balaban J connectivity index is 1.34. The van der Waals surface area contributed by atoms with Crippen LogP contribution in [-0.4, -0.2) is 38.3 Å². The zero-order valence-corrected chi connectivity index (χ0v) is 27.0. The summed E-state index contributed by atoms with van der Waals surface area (Å²) in [7, 11) is 0. The summed E-state index contributed by atoms with van der Waals surface area (Å²) < 4.78 is 6.89. The standard InChI is InChI=1S/C35H53N3O4/c1-21(2)24-11-16-35(19-23-20-38(30(40)41)37-36-23)18-17-33(7)25(29(24)35)9-10-27-32(6)14-13-28(42-22(3)39)31(4,5)26(32)12-15-34(27,33)8/h20,24-29H,1,9-19H2,2-8H3,(H,40,41)/t24-,25+,26-,27+,28-,29+,32-,33+,34+,35+/m0/s1. The summed E-state index contributed by atoms with van der Waals surface area (Å²) in [6.07, 6.45) is 13.2. The number of carboxylic acid groups (broad SMARTS) is 1. The molecule has 0 aliphatic heterocycles. The van der Waals surface area contributed by atoms with E-state index < -0.39 is 6.09 Å². The van der Waals surface area contributed by atoms with E-state index in [4.69, 9.17) is 4.74 Å². The van der Waals surface area contributed by atoms with Gasteiger partial charge in [0, 0.05) is 12.3 Å². The van der Waals surface area contributed by atoms with E-state index in [1.165, 1.54) is 44.1 Å². The molecule has 0 aromatic carbocycles. The summed E-state index contributed by atoms with van der Waals surface area (Å²) in [6.45, 7) is 20.9. The molecule has 42 heavy (non-hydrogen) atoms. The number of ether oxygens (including phenoxy) is 1. The third-order valence-corrected chi connectivity index (χ3v) is 14.8. The van der Waals surface area contributed by atoms with Crippen molar-refractivity contribution in [1.82, 2.24) is 15.0 Å². The Bertz CT molecular complexity index is 1290. The maximum atomic E-state index is 12.0. The largest absolute Gasteiger partial charge is 0.463 e. The number of hydrogen-bond acceptors (Lipinski definition) is 5. The van der Waals surface area contributed by atoms with Crippen LogP contribution < -0.4 is 0 Å². The van der Waals surface area contributed by atoms with E-state index in [0.29, 0.717) is 29.6 Å². The van der Waals surface area contributed by atoms with E-state index in [-0.39, 0.29) is 39.1 Å². The summed E-state index contributed by atoms with van der Waals surface area (Å²) in [5.41, 5.74) is 2.97. The highest BCUT2D eigenvalue weighted by molar-refractivity contribution is 5.66. The Morgan fingerprint density at radius 3 is 2.33 bits per heavy atom. The van der Waals surface area contributed by atoms with Crippen LogP contribution in [0.4, 0.5) is 4.79 Å². The molecule has 7 nitrogen and oxygen atoms in total. The molecule has 1 aromatic rings. The number of carbonyl (C=O) groups excluding carboxylic acids is 1. The van der Waals surface area contributed by atoms with Crippen molar-refractivity contribution in [3.8, 4) is 0 Å². The number of fused-ring (bicyclic) bond motifs is 7. The second-order valence-corrected chi connectivity index (χ2v) is 16.6. The number of rotatable bonds is 4. The van der Waals surface area contributed by atoms with Gasteiger partial charge in [0.1, 0.15) is 6.10 Å². The summed E-state index contributed by atoms with van der Waals surface area (Å²) >= 11 is 0. The Morgan fingerprint density at radius 1 is 0.952 bits per heavy atom. The smallest absolute Gasteiger partial charge is 0.433 e. The molecule has 1 aromatic heterocycles. The number of nitrogens with zero attached hydrogens (tertiary/aromatic N) is 3. The molecular formula is C35H53N3O4. The maximum Gasteiger partial charge on any atom is 0.433 e. The monoisotopic (exact) mass is 579 g/mol. The van der Waals surface area contributed by atoms with E-state index >= 15 is 0 Å². The lowest BCUT2D eigenvalue weighted by atomic mass is 9.32. The molecule has 10 atom stereocenters. The second kappa shape index (κ2) is 9.66. The maximum absolute atomic E-state index is 12.0. The van der Waals surface area contributed by atoms with E-state index in [9.17, 15) is 14.7 Å². The van der Waals surface area contributed by atoms with Gasteiger partial charge in [0.2, 0.25) is 0 Å². The number of esters is 1. The van der Waals surface area contributed by atoms with Gasteiger partial charge in [-0.05, 0) is 129 Å². The van der Waals surface area contributed by atoms with Crippen LogP contribution in [0.3, 0.4) is 0 Å². The van der Waals surface area contributed by atoms with Gasteiger partial charge in [-0.1, -0.05) is 52.0 Å². The third kappa shape index (κ3) is 4.03. The first-order chi connectivity index (χ1) is 19.6. The van der Waals surface area contributed by atoms with Gasteiger partial charge in [-0.15, -0.1) is 5.10 Å². The molecule has 232 valence electrons. The minimum atomic E-state index is -1.08. The number of aromatic nitrogens is 3. The van der Waals surface area contributed by atoms with Crippen LogP contribution in [0.15, 0.2) is 18.3 Å². The van der Waals surface area contributed by atoms with Crippen LogP contribution in [0.2, 0.25) is 0 Å². The van der Waals surface area contributed by atoms with E-state index in [2.05, 4.69) is 58.4 Å². The molecule has 0 radical (unpaired) electrons. The van der Waals surface area contributed by atoms with Crippen molar-refractivity contribution in [3.63, 3.8) is 0 Å². The third-order valence-electron chi connectivity index (χ3n) is 14.8. The van der Waals surface area contributed by atoms with Crippen LogP contribution >= 0.6 is 0 Å². The van der Waals surface area contributed by atoms with E-state index in [1.54, 1.807) is 13.1 Å². The molecule has 0 unspecified atom stereocenters. The molecule has 0 saturated heterocycles. The van der Waals surface area contributed by atoms with Crippen molar-refractivity contribution in [3.05, 3.63) is 24.0 Å². The minimum Gasteiger partial charge on any atom is -0.463 e. The highest BCUT2D eigenvalue weighted by Gasteiger charge is 2.71. The second-order valence-electron chi connectivity index (χ2n) is 16.6. The molecule has 7 heteroatoms. The first-order valence-corrected chi connectivity index (χ1v) is 16.6. The summed E-state index contributed by atoms with van der Waals surface area (Å²) in [6, 6.07) is 0. The molecule has 0 amide bonds. The first-order valence-electron chi connectivity index (χ1n) is 16.6. The number of hydrogen-bond donors (Lipinski definition) is 1. The van der Waals surface area contributed by atoms with Crippen molar-refractivity contribution in [2.24, 2.45) is 56.7 Å². The number of allylic oxidation sites excluding steroid dienone is 1. The Kier molecular flexibility index (Phi) is 6.87. The Labute approximate surface area is 252 Å². The zero-order chi connectivity index (χ0) is 30.5. The molecule has 0 bridgehead atoms. The van der Waals surface area contributed by atoms with Crippen LogP contribution in [0, 0.1) is 56.7 Å². The van der Waals surface area contributed by atoms with Crippen molar-refractivity contribution < 1.29 is 19.4 Å². The van der Waals surface area contributed by atoms with Crippen LogP contribution in [-0.2, 0) is 16.0 Å². The molecule has 0 spiro atoms. The predicted octanol–water partition coefficient (Wildman–Crippen LogP) is 7.94. The summed E-state index contributed by atoms with van der Waals surface area (Å²) in [4.78, 5) is 23.5. The van der Waals surface area contributed by atoms with Crippen molar-refractivity contribution in [1.29, 1.82) is 0 Å². The molecule has 5 saturated carbocycles. The van der Waals surface area contributed by atoms with Crippen LogP contribution in [0.1, 0.15) is 118 Å². The van der Waals surface area contributed by atoms with Gasteiger partial charge >= 0.3 is 12.1 Å². The van der Waals surface area contributed by atoms with Gasteiger partial charge in [-0.3, -0.25) is 4.79 Å². The normalized spacial score (nSPS) is 45.6. The predicted molar refractivity (Wildman–Crippen MR) is 162 cm³/mol. The fourth-order valence-corrected chi connectivity index (χ4v) is 12.8. The van der Waals surface area contributed by atoms with Gasteiger partial charge in [-0.2, -0.15) is 4.68 Å². The lowest BCUT2D eigenvalue weighted by Gasteiger charge is -2.73. The molecule has 5 aliphatic carbocycles. The van der Waals surface area contributed by atoms with Crippen molar-refractivity contribution in [2.75, 3.05) is 0 Å². The summed E-state index contributed by atoms with van der Waals surface area (Å²) in [5.74, 6) is 2.74. The van der Waals surface area contributed by atoms with Gasteiger partial charge in [0.15, 0.2) is 0 Å². The summed E-state index contributed by atoms with van der Waals surface area (Å²) in [5, 5.41) is 17.7. The minimum absolute atomic E-state index is 0.00793. The van der Waals surface area contributed by atoms with E-state index in [1.807, 2.05) is 0 Å². The first kappa shape index (κ1) is 29.9. The van der Waals surface area contributed by atoms with Gasteiger partial charge in [-0.25, -0.2) is 4.79 Å². The van der Waals surface area contributed by atoms with Crippen molar-refractivity contribution >= 4 is 12.1 Å². The Hall–Kier alpha value is -2.18. The number of carbonyl (C=O) groups is 2. The molecule has 6 rings (SSSR count). The quantitative estimate of drug-likeness (QED) is 0.287. The molecular weight excluding hydrogens is 526 g/mol. The molecule has 5 aliphatic rings. The SMILES string of the molecule is C=C(C)[C@@H]1CC[C@]2(Cc3cn(C(=O)O)nn3)CC[C@]3(C)[C@H](CC[C@@H]4[C@@]5(C)CC[C@H](OC(C)=O)C(C)(C)[C@@H]5CC[C@]43C)[C@@H]12. The molecule has 1 N–H and O–H groups in total. The highest BCUT2D eigenvalue weighted by atomic mass is 16.5. The highest BCUT2D eigenvalue weighted by Crippen LogP contribution is 2.77. The molecule has 5 fully saturated rings.